The van der Waals surface area contributed by atoms with Crippen molar-refractivity contribution in [3.63, 3.8) is 0 Å². The molecule has 20 heavy (non-hydrogen) atoms. The van der Waals surface area contributed by atoms with Gasteiger partial charge in [-0.1, -0.05) is 44.6 Å². The van der Waals surface area contributed by atoms with Crippen LogP contribution in [0.4, 0.5) is 0 Å². The van der Waals surface area contributed by atoms with Gasteiger partial charge in [0.1, 0.15) is 0 Å². The molecule has 0 saturated heterocycles. The highest BCUT2D eigenvalue weighted by Gasteiger charge is 2.02. The number of phenolic OH excluding ortho intramolecular Hbond substituents is 1. The number of aryl methyl sites for hydroxylation is 1. The maximum absolute atomic E-state index is 9.53. The van der Waals surface area contributed by atoms with Gasteiger partial charge in [-0.3, -0.25) is 0 Å². The number of aromatic hydroxyl groups is 1. The summed E-state index contributed by atoms with van der Waals surface area (Å²) in [6, 6.07) is 5.62. The number of ether oxygens (including phenoxy) is 1. The summed E-state index contributed by atoms with van der Waals surface area (Å²) in [5.74, 6) is 0.788. The Morgan fingerprint density at radius 2 is 1.55 bits per heavy atom. The van der Waals surface area contributed by atoms with Crippen LogP contribution < -0.4 is 10.5 Å². The average molecular weight is 279 g/mol. The molecule has 1 aromatic rings. The maximum atomic E-state index is 9.53. The fourth-order valence-electron chi connectivity index (χ4n) is 2.41. The first kappa shape index (κ1) is 16.8. The molecule has 0 fully saturated rings. The minimum Gasteiger partial charge on any atom is -0.504 e. The molecule has 0 aliphatic heterocycles. The van der Waals surface area contributed by atoms with Gasteiger partial charge in [-0.15, -0.1) is 0 Å². The topological polar surface area (TPSA) is 55.5 Å². The van der Waals surface area contributed by atoms with Gasteiger partial charge in [0.2, 0.25) is 0 Å². The van der Waals surface area contributed by atoms with Crippen molar-refractivity contribution in [2.75, 3.05) is 13.7 Å². The molecular weight excluding hydrogens is 250 g/mol. The van der Waals surface area contributed by atoms with Crippen molar-refractivity contribution in [1.29, 1.82) is 0 Å². The highest BCUT2D eigenvalue weighted by molar-refractivity contribution is 5.41. The average Bonchev–Trinajstić information content (AvgIpc) is 2.47. The van der Waals surface area contributed by atoms with Gasteiger partial charge >= 0.3 is 0 Å². The van der Waals surface area contributed by atoms with Crippen molar-refractivity contribution in [3.8, 4) is 11.5 Å². The molecule has 0 aliphatic rings. The van der Waals surface area contributed by atoms with Crippen LogP contribution in [-0.2, 0) is 6.42 Å². The number of methoxy groups -OCH3 is 1. The van der Waals surface area contributed by atoms with Crippen LogP contribution in [0.5, 0.6) is 11.5 Å². The van der Waals surface area contributed by atoms with E-state index in [9.17, 15) is 5.11 Å². The van der Waals surface area contributed by atoms with Gasteiger partial charge < -0.3 is 15.6 Å². The zero-order chi connectivity index (χ0) is 14.6. The fourth-order valence-corrected chi connectivity index (χ4v) is 2.41. The molecule has 0 unspecified atom stereocenters. The molecule has 3 heteroatoms. The quantitative estimate of drug-likeness (QED) is 0.601. The molecule has 0 aliphatic carbocycles. The zero-order valence-corrected chi connectivity index (χ0v) is 12.7. The lowest BCUT2D eigenvalue weighted by Crippen LogP contribution is -1.97. The SMILES string of the molecule is COc1cc(CCCCCCCCCCN)ccc1O. The van der Waals surface area contributed by atoms with Crippen molar-refractivity contribution in [2.24, 2.45) is 5.73 Å². The van der Waals surface area contributed by atoms with Gasteiger partial charge in [-0.25, -0.2) is 0 Å². The van der Waals surface area contributed by atoms with Gasteiger partial charge in [0.05, 0.1) is 7.11 Å². The monoisotopic (exact) mass is 279 g/mol. The van der Waals surface area contributed by atoms with E-state index < -0.39 is 0 Å². The van der Waals surface area contributed by atoms with Gasteiger partial charge in [-0.05, 0) is 43.5 Å². The second-order valence-electron chi connectivity index (χ2n) is 5.37. The van der Waals surface area contributed by atoms with E-state index in [-0.39, 0.29) is 5.75 Å². The maximum Gasteiger partial charge on any atom is 0.160 e. The number of rotatable bonds is 11. The Kier molecular flexibility index (Phi) is 8.88. The predicted octanol–water partition coefficient (Wildman–Crippen LogP) is 4.02. The second-order valence-corrected chi connectivity index (χ2v) is 5.37. The lowest BCUT2D eigenvalue weighted by atomic mass is 10.0. The number of unbranched alkanes of at least 4 members (excludes halogenated alkanes) is 7. The summed E-state index contributed by atoms with van der Waals surface area (Å²) in [5, 5.41) is 9.53. The molecule has 3 N–H and O–H groups in total. The molecule has 3 nitrogen and oxygen atoms in total. The minimum absolute atomic E-state index is 0.216. The second kappa shape index (κ2) is 10.6. The predicted molar refractivity (Wildman–Crippen MR) is 84.4 cm³/mol. The number of nitrogens with two attached hydrogens (primary N) is 1. The Labute approximate surface area is 123 Å². The summed E-state index contributed by atoms with van der Waals surface area (Å²) >= 11 is 0. The van der Waals surface area contributed by atoms with Gasteiger partial charge in [0.25, 0.3) is 0 Å². The summed E-state index contributed by atoms with van der Waals surface area (Å²) in [4.78, 5) is 0. The Hall–Kier alpha value is -1.22. The highest BCUT2D eigenvalue weighted by atomic mass is 16.5. The van der Waals surface area contributed by atoms with E-state index in [1.165, 1.54) is 56.9 Å². The summed E-state index contributed by atoms with van der Waals surface area (Å²) in [5.41, 5.74) is 6.71. The van der Waals surface area contributed by atoms with Crippen LogP contribution in [0.2, 0.25) is 0 Å². The van der Waals surface area contributed by atoms with E-state index >= 15 is 0 Å². The van der Waals surface area contributed by atoms with Gasteiger partial charge in [-0.2, -0.15) is 0 Å². The fraction of sp³-hybridized carbons (Fsp3) is 0.647. The van der Waals surface area contributed by atoms with E-state index in [1.54, 1.807) is 13.2 Å². The largest absolute Gasteiger partial charge is 0.504 e. The summed E-state index contributed by atoms with van der Waals surface area (Å²) in [6.07, 6.45) is 11.3. The zero-order valence-electron chi connectivity index (χ0n) is 12.7. The van der Waals surface area contributed by atoms with Crippen LogP contribution >= 0.6 is 0 Å². The molecule has 0 radical (unpaired) electrons. The molecule has 0 aromatic heterocycles. The smallest absolute Gasteiger partial charge is 0.160 e. The Bertz CT molecular complexity index is 366. The lowest BCUT2D eigenvalue weighted by molar-refractivity contribution is 0.373. The van der Waals surface area contributed by atoms with Crippen LogP contribution in [0.1, 0.15) is 56.9 Å². The van der Waals surface area contributed by atoms with Gasteiger partial charge in [0.15, 0.2) is 11.5 Å². The third-order valence-corrected chi connectivity index (χ3v) is 3.66. The molecule has 1 rings (SSSR count). The number of phenols is 1. The van der Waals surface area contributed by atoms with Gasteiger partial charge in [0, 0.05) is 0 Å². The number of hydrogen-bond acceptors (Lipinski definition) is 3. The normalized spacial score (nSPS) is 10.7. The molecule has 0 heterocycles. The first-order chi connectivity index (χ1) is 9.77. The molecule has 0 bridgehead atoms. The molecule has 114 valence electrons. The lowest BCUT2D eigenvalue weighted by Gasteiger charge is -2.06. The van der Waals surface area contributed by atoms with Crippen molar-refractivity contribution < 1.29 is 9.84 Å². The van der Waals surface area contributed by atoms with E-state index in [0.717, 1.165) is 13.0 Å². The van der Waals surface area contributed by atoms with Crippen molar-refractivity contribution in [1.82, 2.24) is 0 Å². The molecular formula is C17H29NO2. The van der Waals surface area contributed by atoms with Crippen molar-refractivity contribution >= 4 is 0 Å². The van der Waals surface area contributed by atoms with Crippen LogP contribution in [0.15, 0.2) is 18.2 Å². The van der Waals surface area contributed by atoms with Crippen LogP contribution in [0.3, 0.4) is 0 Å². The Morgan fingerprint density at radius 1 is 0.950 bits per heavy atom. The number of hydrogen-bond donors (Lipinski definition) is 2. The van der Waals surface area contributed by atoms with E-state index in [4.69, 9.17) is 10.5 Å². The number of benzene rings is 1. The summed E-state index contributed by atoms with van der Waals surface area (Å²) in [6.45, 7) is 0.829. The Morgan fingerprint density at radius 3 is 2.15 bits per heavy atom. The summed E-state index contributed by atoms with van der Waals surface area (Å²) < 4.78 is 5.12. The molecule has 1 aromatic carbocycles. The minimum atomic E-state index is 0.216. The first-order valence-electron chi connectivity index (χ1n) is 7.84. The third-order valence-electron chi connectivity index (χ3n) is 3.66. The van der Waals surface area contributed by atoms with Crippen LogP contribution in [-0.4, -0.2) is 18.8 Å². The molecule has 0 atom stereocenters. The molecule has 0 amide bonds. The standard InChI is InChI=1S/C17H29NO2/c1-20-17-14-15(11-12-16(17)19)10-8-6-4-2-3-5-7-9-13-18/h11-12,14,19H,2-10,13,18H2,1H3. The molecule has 0 saturated carbocycles. The van der Waals surface area contributed by atoms with E-state index in [2.05, 4.69) is 0 Å². The molecule has 0 spiro atoms. The van der Waals surface area contributed by atoms with Crippen molar-refractivity contribution in [3.05, 3.63) is 23.8 Å². The first-order valence-corrected chi connectivity index (χ1v) is 7.84. The van der Waals surface area contributed by atoms with E-state index in [1.807, 2.05) is 12.1 Å². The summed E-state index contributed by atoms with van der Waals surface area (Å²) in [7, 11) is 1.59. The highest BCUT2D eigenvalue weighted by Crippen LogP contribution is 2.27. The third kappa shape index (κ3) is 6.80. The van der Waals surface area contributed by atoms with Crippen molar-refractivity contribution in [2.45, 2.75) is 57.8 Å². The van der Waals surface area contributed by atoms with Crippen LogP contribution in [0.25, 0.3) is 0 Å². The van der Waals surface area contributed by atoms with Crippen LogP contribution in [0, 0.1) is 0 Å². The Balaban J connectivity index is 2.06. The van der Waals surface area contributed by atoms with E-state index in [0.29, 0.717) is 5.75 Å².